The fourth-order valence-electron chi connectivity index (χ4n) is 1.05. The van der Waals surface area contributed by atoms with Gasteiger partial charge >= 0.3 is 0 Å². The highest BCUT2D eigenvalue weighted by Crippen LogP contribution is 2.07. The van der Waals surface area contributed by atoms with Crippen molar-refractivity contribution in [1.82, 2.24) is 4.98 Å². The van der Waals surface area contributed by atoms with Crippen LogP contribution in [0.5, 0.6) is 0 Å². The van der Waals surface area contributed by atoms with E-state index >= 15 is 0 Å². The minimum atomic E-state index is -1.20. The molecular weight excluding hydrogens is 210 g/mol. The third-order valence-corrected chi connectivity index (χ3v) is 2.81. The molecule has 0 aliphatic rings. The van der Waals surface area contributed by atoms with Crippen LogP contribution < -0.4 is 0 Å². The zero-order chi connectivity index (χ0) is 10.5. The summed E-state index contributed by atoms with van der Waals surface area (Å²) in [5.41, 5.74) is 0.888. The number of furan rings is 1. The quantitative estimate of drug-likeness (QED) is 0.796. The van der Waals surface area contributed by atoms with Gasteiger partial charge in [-0.3, -0.25) is 0 Å². The van der Waals surface area contributed by atoms with Crippen LogP contribution in [0.1, 0.15) is 5.56 Å². The van der Waals surface area contributed by atoms with Gasteiger partial charge in [0.15, 0.2) is 0 Å². The molecule has 0 bridgehead atoms. The Labute approximate surface area is 89.9 Å². The van der Waals surface area contributed by atoms with E-state index in [9.17, 15) is 4.21 Å². The second-order valence-corrected chi connectivity index (χ2v) is 4.11. The summed E-state index contributed by atoms with van der Waals surface area (Å²) in [7, 11) is -1.20. The molecule has 0 N–H and O–H groups in total. The summed E-state index contributed by atoms with van der Waals surface area (Å²) in [6.07, 6.45) is 6.53. The van der Waals surface area contributed by atoms with E-state index in [1.807, 2.05) is 6.07 Å². The van der Waals surface area contributed by atoms with E-state index < -0.39 is 10.8 Å². The van der Waals surface area contributed by atoms with Crippen LogP contribution in [-0.4, -0.2) is 9.19 Å². The fraction of sp³-hybridized carbons (Fsp3) is 0. The molecule has 0 spiro atoms. The summed E-state index contributed by atoms with van der Waals surface area (Å²) in [5.74, 6) is 0. The lowest BCUT2D eigenvalue weighted by Crippen LogP contribution is -1.88. The predicted molar refractivity (Wildman–Crippen MR) is 58.4 cm³/mol. The van der Waals surface area contributed by atoms with Crippen LogP contribution in [0.15, 0.2) is 57.8 Å². The molecule has 0 saturated heterocycles. The molecule has 76 valence electrons. The number of hydrogen-bond donors (Lipinski definition) is 0. The fourth-order valence-corrected chi connectivity index (χ4v) is 1.84. The Balaban J connectivity index is 2.11. The van der Waals surface area contributed by atoms with Gasteiger partial charge in [0, 0.05) is 17.2 Å². The van der Waals surface area contributed by atoms with Crippen LogP contribution in [0.4, 0.5) is 0 Å². The van der Waals surface area contributed by atoms with Gasteiger partial charge < -0.3 is 4.42 Å². The highest BCUT2D eigenvalue weighted by atomic mass is 32.2. The van der Waals surface area contributed by atoms with E-state index in [1.54, 1.807) is 48.4 Å². The summed E-state index contributed by atoms with van der Waals surface area (Å²) < 4.78 is 16.6. The molecular formula is C11H9NO2S. The second-order valence-electron chi connectivity index (χ2n) is 2.82. The van der Waals surface area contributed by atoms with E-state index in [0.717, 1.165) is 5.56 Å². The normalized spacial score (nSPS) is 13.1. The van der Waals surface area contributed by atoms with Crippen LogP contribution in [0.25, 0.3) is 6.08 Å². The summed E-state index contributed by atoms with van der Waals surface area (Å²) in [6.45, 7) is 0. The molecule has 0 amide bonds. The third-order valence-electron chi connectivity index (χ3n) is 1.77. The largest absolute Gasteiger partial charge is 0.472 e. The van der Waals surface area contributed by atoms with Gasteiger partial charge in [-0.2, -0.15) is 0 Å². The second kappa shape index (κ2) is 4.70. The molecule has 15 heavy (non-hydrogen) atoms. The van der Waals surface area contributed by atoms with Crippen molar-refractivity contribution >= 4 is 16.9 Å². The Kier molecular flexibility index (Phi) is 3.09. The average Bonchev–Trinajstić information content (AvgIpc) is 2.80. The van der Waals surface area contributed by atoms with Crippen molar-refractivity contribution in [3.05, 3.63) is 54.0 Å². The number of nitrogens with zero attached hydrogens (tertiary/aromatic N) is 1. The van der Waals surface area contributed by atoms with Gasteiger partial charge in [-0.05, 0) is 24.3 Å². The van der Waals surface area contributed by atoms with Crippen LogP contribution in [0, 0.1) is 0 Å². The molecule has 2 aromatic heterocycles. The maximum Gasteiger partial charge on any atom is 0.131 e. The number of rotatable bonds is 3. The summed E-state index contributed by atoms with van der Waals surface area (Å²) >= 11 is 0. The van der Waals surface area contributed by atoms with Gasteiger partial charge in [0.2, 0.25) is 0 Å². The molecule has 0 fully saturated rings. The minimum Gasteiger partial charge on any atom is -0.472 e. The Morgan fingerprint density at radius 3 is 2.93 bits per heavy atom. The van der Waals surface area contributed by atoms with Crippen molar-refractivity contribution in [2.45, 2.75) is 5.03 Å². The highest BCUT2D eigenvalue weighted by Gasteiger charge is 1.98. The number of aromatic nitrogens is 1. The first-order valence-corrected chi connectivity index (χ1v) is 5.59. The molecule has 2 heterocycles. The van der Waals surface area contributed by atoms with Gasteiger partial charge in [0.25, 0.3) is 0 Å². The predicted octanol–water partition coefficient (Wildman–Crippen LogP) is 2.45. The molecule has 1 unspecified atom stereocenters. The summed E-state index contributed by atoms with van der Waals surface area (Å²) in [6, 6.07) is 7.13. The number of hydrogen-bond acceptors (Lipinski definition) is 3. The lowest BCUT2D eigenvalue weighted by atomic mass is 10.3. The summed E-state index contributed by atoms with van der Waals surface area (Å²) in [4.78, 5) is 4.00. The lowest BCUT2D eigenvalue weighted by molar-refractivity contribution is 0.567. The SMILES string of the molecule is O=S(/C=C/c1ccoc1)c1ccccn1. The molecule has 4 heteroatoms. The first kappa shape index (κ1) is 9.86. The standard InChI is InChI=1S/C11H9NO2S/c13-15(11-3-1-2-6-12-11)8-5-10-4-7-14-9-10/h1-9H/b8-5+. The van der Waals surface area contributed by atoms with Gasteiger partial charge in [0.1, 0.15) is 5.03 Å². The lowest BCUT2D eigenvalue weighted by Gasteiger charge is -1.92. The first-order chi connectivity index (χ1) is 7.36. The number of pyridine rings is 1. The van der Waals surface area contributed by atoms with Crippen molar-refractivity contribution in [3.63, 3.8) is 0 Å². The summed E-state index contributed by atoms with van der Waals surface area (Å²) in [5, 5.41) is 2.14. The van der Waals surface area contributed by atoms with Gasteiger partial charge in [0.05, 0.1) is 23.3 Å². The first-order valence-electron chi connectivity index (χ1n) is 4.38. The minimum absolute atomic E-state index is 0.553. The Morgan fingerprint density at radius 2 is 2.27 bits per heavy atom. The van der Waals surface area contributed by atoms with Gasteiger partial charge in [-0.15, -0.1) is 0 Å². The maximum absolute atomic E-state index is 11.7. The molecule has 0 aromatic carbocycles. The molecule has 0 radical (unpaired) electrons. The topological polar surface area (TPSA) is 43.1 Å². The van der Waals surface area contributed by atoms with E-state index in [1.165, 1.54) is 0 Å². The molecule has 0 saturated carbocycles. The monoisotopic (exact) mass is 219 g/mol. The van der Waals surface area contributed by atoms with Crippen molar-refractivity contribution in [1.29, 1.82) is 0 Å². The van der Waals surface area contributed by atoms with Gasteiger partial charge in [-0.25, -0.2) is 9.19 Å². The van der Waals surface area contributed by atoms with Crippen molar-refractivity contribution < 1.29 is 8.63 Å². The smallest absolute Gasteiger partial charge is 0.131 e. The maximum atomic E-state index is 11.7. The Bertz CT molecular complexity index is 463. The van der Waals surface area contributed by atoms with Crippen molar-refractivity contribution in [2.24, 2.45) is 0 Å². The van der Waals surface area contributed by atoms with E-state index in [0.29, 0.717) is 5.03 Å². The van der Waals surface area contributed by atoms with Crippen LogP contribution in [0.3, 0.4) is 0 Å². The zero-order valence-corrected chi connectivity index (χ0v) is 8.68. The molecule has 2 aromatic rings. The Hall–Kier alpha value is -1.68. The van der Waals surface area contributed by atoms with Crippen LogP contribution in [0.2, 0.25) is 0 Å². The zero-order valence-electron chi connectivity index (χ0n) is 7.87. The van der Waals surface area contributed by atoms with E-state index in [-0.39, 0.29) is 0 Å². The molecule has 0 aliphatic carbocycles. The molecule has 0 aliphatic heterocycles. The molecule has 3 nitrogen and oxygen atoms in total. The van der Waals surface area contributed by atoms with Crippen LogP contribution >= 0.6 is 0 Å². The average molecular weight is 219 g/mol. The van der Waals surface area contributed by atoms with Crippen molar-refractivity contribution in [3.8, 4) is 0 Å². The Morgan fingerprint density at radius 1 is 1.33 bits per heavy atom. The van der Waals surface area contributed by atoms with Crippen molar-refractivity contribution in [2.75, 3.05) is 0 Å². The third kappa shape index (κ3) is 2.63. The van der Waals surface area contributed by atoms with E-state index in [4.69, 9.17) is 4.42 Å². The van der Waals surface area contributed by atoms with Crippen LogP contribution in [-0.2, 0) is 10.8 Å². The molecule has 1 atom stereocenters. The molecule has 2 rings (SSSR count). The van der Waals surface area contributed by atoms with Gasteiger partial charge in [-0.1, -0.05) is 6.07 Å². The highest BCUT2D eigenvalue weighted by molar-refractivity contribution is 7.88. The van der Waals surface area contributed by atoms with E-state index in [2.05, 4.69) is 4.98 Å².